The number of fused-ring (bicyclic) bond motifs is 1. The lowest BCUT2D eigenvalue weighted by Crippen LogP contribution is -2.15. The summed E-state index contributed by atoms with van der Waals surface area (Å²) in [6, 6.07) is 9.30. The summed E-state index contributed by atoms with van der Waals surface area (Å²) in [5.41, 5.74) is 5.90. The van der Waals surface area contributed by atoms with Crippen molar-refractivity contribution in [3.05, 3.63) is 65.3 Å². The molecular formula is C22H26O. The van der Waals surface area contributed by atoms with Crippen molar-refractivity contribution in [1.29, 1.82) is 0 Å². The van der Waals surface area contributed by atoms with Crippen LogP contribution in [0, 0.1) is 11.8 Å². The van der Waals surface area contributed by atoms with Gasteiger partial charge in [0.15, 0.2) is 0 Å². The van der Waals surface area contributed by atoms with Crippen LogP contribution >= 0.6 is 0 Å². The van der Waals surface area contributed by atoms with E-state index in [9.17, 15) is 0 Å². The smallest absolute Gasteiger partial charge is 0.0468 e. The first kappa shape index (κ1) is 15.0. The first-order valence-corrected chi connectivity index (χ1v) is 9.14. The van der Waals surface area contributed by atoms with E-state index in [-0.39, 0.29) is 0 Å². The normalized spacial score (nSPS) is 23.7. The fraction of sp³-hybridized carbons (Fsp3) is 0.455. The maximum atomic E-state index is 5.44. The molecule has 1 heterocycles. The van der Waals surface area contributed by atoms with Crippen LogP contribution in [-0.4, -0.2) is 13.2 Å². The van der Waals surface area contributed by atoms with Gasteiger partial charge in [-0.15, -0.1) is 0 Å². The molecule has 0 spiro atoms. The summed E-state index contributed by atoms with van der Waals surface area (Å²) in [6.45, 7) is 1.94. The Bertz CT molecular complexity index is 626. The molecular weight excluding hydrogens is 280 g/mol. The minimum atomic E-state index is 0.550. The first-order chi connectivity index (χ1) is 11.4. The molecule has 1 aliphatic heterocycles. The SMILES string of the molecule is C1=CC2C(=CC=C2c2ccc(CCCC3CCOCC3)cc2)C1. The van der Waals surface area contributed by atoms with Crippen molar-refractivity contribution in [2.24, 2.45) is 11.8 Å². The highest BCUT2D eigenvalue weighted by Gasteiger charge is 2.24. The monoisotopic (exact) mass is 306 g/mol. The number of allylic oxidation sites excluding steroid dienone is 6. The molecule has 1 atom stereocenters. The van der Waals surface area contributed by atoms with E-state index >= 15 is 0 Å². The van der Waals surface area contributed by atoms with E-state index in [2.05, 4.69) is 48.6 Å². The molecule has 0 N–H and O–H groups in total. The molecule has 4 rings (SSSR count). The van der Waals surface area contributed by atoms with Crippen LogP contribution in [0.4, 0.5) is 0 Å². The Kier molecular flexibility index (Phi) is 4.48. The van der Waals surface area contributed by atoms with Gasteiger partial charge < -0.3 is 4.74 Å². The summed E-state index contributed by atoms with van der Waals surface area (Å²) >= 11 is 0. The molecule has 120 valence electrons. The molecule has 0 amide bonds. The Morgan fingerprint density at radius 2 is 1.83 bits per heavy atom. The van der Waals surface area contributed by atoms with Gasteiger partial charge in [-0.2, -0.15) is 0 Å². The molecule has 0 bridgehead atoms. The van der Waals surface area contributed by atoms with Gasteiger partial charge in [0.1, 0.15) is 0 Å². The summed E-state index contributed by atoms with van der Waals surface area (Å²) in [5, 5.41) is 0. The van der Waals surface area contributed by atoms with Crippen molar-refractivity contribution in [3.8, 4) is 0 Å². The quantitative estimate of drug-likeness (QED) is 0.668. The first-order valence-electron chi connectivity index (χ1n) is 9.14. The third-order valence-electron chi connectivity index (χ3n) is 5.60. The van der Waals surface area contributed by atoms with Gasteiger partial charge in [-0.1, -0.05) is 54.1 Å². The number of rotatable bonds is 5. The second-order valence-electron chi connectivity index (χ2n) is 7.12. The second-order valence-corrected chi connectivity index (χ2v) is 7.12. The van der Waals surface area contributed by atoms with Crippen molar-refractivity contribution in [1.82, 2.24) is 0 Å². The maximum Gasteiger partial charge on any atom is 0.0468 e. The molecule has 1 fully saturated rings. The summed E-state index contributed by atoms with van der Waals surface area (Å²) < 4.78 is 5.44. The van der Waals surface area contributed by atoms with Crippen LogP contribution in [0.15, 0.2) is 54.1 Å². The molecule has 23 heavy (non-hydrogen) atoms. The third-order valence-corrected chi connectivity index (χ3v) is 5.60. The predicted octanol–water partition coefficient (Wildman–Crippen LogP) is 5.34. The molecule has 0 aromatic heterocycles. The van der Waals surface area contributed by atoms with Crippen LogP contribution in [0.1, 0.15) is 43.2 Å². The Labute approximate surface area is 139 Å². The Balaban J connectivity index is 1.31. The van der Waals surface area contributed by atoms with Crippen molar-refractivity contribution >= 4 is 5.57 Å². The lowest BCUT2D eigenvalue weighted by molar-refractivity contribution is 0.0633. The van der Waals surface area contributed by atoms with Gasteiger partial charge in [0.05, 0.1) is 0 Å². The van der Waals surface area contributed by atoms with Crippen LogP contribution in [0.3, 0.4) is 0 Å². The van der Waals surface area contributed by atoms with Gasteiger partial charge in [0.2, 0.25) is 0 Å². The zero-order valence-electron chi connectivity index (χ0n) is 13.8. The van der Waals surface area contributed by atoms with E-state index in [0.717, 1.165) is 25.6 Å². The van der Waals surface area contributed by atoms with E-state index in [1.807, 2.05) is 0 Å². The highest BCUT2D eigenvalue weighted by molar-refractivity contribution is 5.77. The Morgan fingerprint density at radius 1 is 1.00 bits per heavy atom. The molecule has 1 heteroatoms. The average Bonchev–Trinajstić information content (AvgIpc) is 3.20. The molecule has 2 aliphatic carbocycles. The van der Waals surface area contributed by atoms with E-state index in [1.165, 1.54) is 48.8 Å². The van der Waals surface area contributed by atoms with Crippen LogP contribution in [0.5, 0.6) is 0 Å². The summed E-state index contributed by atoms with van der Waals surface area (Å²) in [5.74, 6) is 1.44. The largest absolute Gasteiger partial charge is 0.381 e. The zero-order valence-corrected chi connectivity index (χ0v) is 13.8. The molecule has 1 aromatic carbocycles. The lowest BCUT2D eigenvalue weighted by atomic mass is 9.91. The second kappa shape index (κ2) is 6.88. The predicted molar refractivity (Wildman–Crippen MR) is 96.2 cm³/mol. The molecule has 1 unspecified atom stereocenters. The number of aryl methyl sites for hydroxylation is 1. The third kappa shape index (κ3) is 3.35. The van der Waals surface area contributed by atoms with Gasteiger partial charge in [-0.3, -0.25) is 0 Å². The van der Waals surface area contributed by atoms with Gasteiger partial charge in [0, 0.05) is 19.1 Å². The van der Waals surface area contributed by atoms with E-state index in [0.29, 0.717) is 5.92 Å². The fourth-order valence-corrected chi connectivity index (χ4v) is 4.14. The molecule has 1 saturated heterocycles. The van der Waals surface area contributed by atoms with Gasteiger partial charge in [-0.05, 0) is 61.1 Å². The highest BCUT2D eigenvalue weighted by Crippen LogP contribution is 2.40. The molecule has 3 aliphatic rings. The van der Waals surface area contributed by atoms with Crippen LogP contribution in [0.2, 0.25) is 0 Å². The van der Waals surface area contributed by atoms with E-state index in [4.69, 9.17) is 4.74 Å². The van der Waals surface area contributed by atoms with Crippen molar-refractivity contribution in [2.45, 2.75) is 38.5 Å². The van der Waals surface area contributed by atoms with Crippen molar-refractivity contribution in [2.75, 3.05) is 13.2 Å². The number of hydrogen-bond donors (Lipinski definition) is 0. The minimum Gasteiger partial charge on any atom is -0.381 e. The fourth-order valence-electron chi connectivity index (χ4n) is 4.14. The summed E-state index contributed by atoms with van der Waals surface area (Å²) in [7, 11) is 0. The Hall–Kier alpha value is -1.60. The molecule has 1 nitrogen and oxygen atoms in total. The Morgan fingerprint density at radius 3 is 2.65 bits per heavy atom. The van der Waals surface area contributed by atoms with Crippen molar-refractivity contribution < 1.29 is 4.74 Å². The van der Waals surface area contributed by atoms with Gasteiger partial charge in [0.25, 0.3) is 0 Å². The zero-order chi connectivity index (χ0) is 15.5. The van der Waals surface area contributed by atoms with Gasteiger partial charge >= 0.3 is 0 Å². The van der Waals surface area contributed by atoms with Gasteiger partial charge in [-0.25, -0.2) is 0 Å². The van der Waals surface area contributed by atoms with E-state index < -0.39 is 0 Å². The molecule has 1 aromatic rings. The highest BCUT2D eigenvalue weighted by atomic mass is 16.5. The number of benzene rings is 1. The lowest BCUT2D eigenvalue weighted by Gasteiger charge is -2.21. The number of hydrogen-bond acceptors (Lipinski definition) is 1. The van der Waals surface area contributed by atoms with Crippen LogP contribution in [-0.2, 0) is 11.2 Å². The van der Waals surface area contributed by atoms with Crippen LogP contribution in [0.25, 0.3) is 5.57 Å². The number of ether oxygens (including phenoxy) is 1. The minimum absolute atomic E-state index is 0.550. The molecule has 0 saturated carbocycles. The standard InChI is InChI=1S/C22H26O/c1(4-18-13-15-23-16-14-18)3-17-7-9-20(10-8-17)22-12-11-19-5-2-6-21(19)22/h2,6-12,18,21H,1,3-5,13-16H2. The topological polar surface area (TPSA) is 9.23 Å². The molecule has 0 radical (unpaired) electrons. The van der Waals surface area contributed by atoms with Crippen LogP contribution < -0.4 is 0 Å². The van der Waals surface area contributed by atoms with Crippen molar-refractivity contribution in [3.63, 3.8) is 0 Å². The summed E-state index contributed by atoms with van der Waals surface area (Å²) in [4.78, 5) is 0. The maximum absolute atomic E-state index is 5.44. The van der Waals surface area contributed by atoms with E-state index in [1.54, 1.807) is 5.57 Å². The average molecular weight is 306 g/mol. The summed E-state index contributed by atoms with van der Waals surface area (Å²) in [6.07, 6.45) is 16.8.